The SMILES string of the molecule is O=C(Nc1ccc2c(c1)CCNCC2)c1ccc(-c2cn[nH]c2)cc1OCC1CCCCC1. The highest BCUT2D eigenvalue weighted by molar-refractivity contribution is 6.06. The number of anilines is 1. The van der Waals surface area contributed by atoms with Gasteiger partial charge in [-0.15, -0.1) is 0 Å². The first kappa shape index (κ1) is 21.7. The number of ether oxygens (including phenoxy) is 1. The molecular formula is C27H32N4O2. The highest BCUT2D eigenvalue weighted by atomic mass is 16.5. The van der Waals surface area contributed by atoms with Gasteiger partial charge in [-0.3, -0.25) is 9.89 Å². The number of aromatic nitrogens is 2. The molecule has 33 heavy (non-hydrogen) atoms. The molecule has 3 N–H and O–H groups in total. The van der Waals surface area contributed by atoms with Crippen LogP contribution in [-0.4, -0.2) is 35.8 Å². The molecule has 1 saturated carbocycles. The molecule has 0 atom stereocenters. The number of nitrogens with one attached hydrogen (secondary N) is 3. The summed E-state index contributed by atoms with van der Waals surface area (Å²) in [5, 5.41) is 13.4. The van der Waals surface area contributed by atoms with Crippen molar-refractivity contribution in [3.63, 3.8) is 0 Å². The maximum Gasteiger partial charge on any atom is 0.259 e. The Bertz CT molecular complexity index is 1090. The maximum atomic E-state index is 13.3. The van der Waals surface area contributed by atoms with Gasteiger partial charge in [-0.1, -0.05) is 31.4 Å². The third-order valence-corrected chi connectivity index (χ3v) is 6.86. The fraction of sp³-hybridized carbons (Fsp3) is 0.407. The van der Waals surface area contributed by atoms with E-state index >= 15 is 0 Å². The zero-order valence-corrected chi connectivity index (χ0v) is 19.0. The molecule has 2 heterocycles. The Morgan fingerprint density at radius 1 is 1.00 bits per heavy atom. The van der Waals surface area contributed by atoms with E-state index in [1.54, 1.807) is 6.20 Å². The van der Waals surface area contributed by atoms with Crippen molar-refractivity contribution in [1.29, 1.82) is 0 Å². The number of aromatic amines is 1. The lowest BCUT2D eigenvalue weighted by Crippen LogP contribution is -2.18. The molecule has 5 rings (SSSR count). The summed E-state index contributed by atoms with van der Waals surface area (Å²) in [6, 6.07) is 12.0. The Morgan fingerprint density at radius 3 is 2.67 bits per heavy atom. The van der Waals surface area contributed by atoms with Gasteiger partial charge in [-0.2, -0.15) is 5.10 Å². The van der Waals surface area contributed by atoms with Crippen molar-refractivity contribution >= 4 is 11.6 Å². The first-order chi connectivity index (χ1) is 16.3. The van der Waals surface area contributed by atoms with Gasteiger partial charge in [0.2, 0.25) is 0 Å². The molecular weight excluding hydrogens is 412 g/mol. The normalized spacial score (nSPS) is 16.6. The van der Waals surface area contributed by atoms with Crippen molar-refractivity contribution in [2.75, 3.05) is 25.0 Å². The minimum absolute atomic E-state index is 0.140. The Morgan fingerprint density at radius 2 is 1.85 bits per heavy atom. The molecule has 6 heteroatoms. The zero-order valence-electron chi connectivity index (χ0n) is 19.0. The molecule has 1 fully saturated rings. The Hall–Kier alpha value is -3.12. The number of fused-ring (bicyclic) bond motifs is 1. The molecule has 1 aromatic heterocycles. The van der Waals surface area contributed by atoms with Crippen LogP contribution in [0.3, 0.4) is 0 Å². The summed E-state index contributed by atoms with van der Waals surface area (Å²) in [5.41, 5.74) is 6.02. The lowest BCUT2D eigenvalue weighted by molar-refractivity contribution is 0.102. The Balaban J connectivity index is 1.37. The molecule has 3 aromatic rings. The standard InChI is InChI=1S/C27H32N4O2/c32-27(31-24-8-6-20-10-12-28-13-11-22(20)14-24)25-9-7-21(23-16-29-30-17-23)15-26(25)33-18-19-4-2-1-3-5-19/h6-9,14-17,19,28H,1-5,10-13,18H2,(H,29,30)(H,31,32). The molecule has 0 unspecified atom stereocenters. The van der Waals surface area contributed by atoms with Gasteiger partial charge in [-0.25, -0.2) is 0 Å². The van der Waals surface area contributed by atoms with E-state index in [2.05, 4.69) is 33.0 Å². The molecule has 1 amide bonds. The summed E-state index contributed by atoms with van der Waals surface area (Å²) < 4.78 is 6.28. The van der Waals surface area contributed by atoms with Crippen LogP contribution in [0.1, 0.15) is 53.6 Å². The van der Waals surface area contributed by atoms with Crippen molar-refractivity contribution in [1.82, 2.24) is 15.5 Å². The highest BCUT2D eigenvalue weighted by Crippen LogP contribution is 2.30. The van der Waals surface area contributed by atoms with Gasteiger partial charge in [0.05, 0.1) is 18.4 Å². The van der Waals surface area contributed by atoms with Gasteiger partial charge in [-0.05, 0) is 85.6 Å². The van der Waals surface area contributed by atoms with Crippen LogP contribution < -0.4 is 15.4 Å². The van der Waals surface area contributed by atoms with Gasteiger partial charge in [0, 0.05) is 17.4 Å². The van der Waals surface area contributed by atoms with Gasteiger partial charge in [0.1, 0.15) is 5.75 Å². The number of hydrogen-bond donors (Lipinski definition) is 3. The molecule has 0 spiro atoms. The Labute approximate surface area is 195 Å². The van der Waals surface area contributed by atoms with E-state index in [4.69, 9.17) is 4.74 Å². The van der Waals surface area contributed by atoms with Crippen molar-refractivity contribution in [2.24, 2.45) is 5.92 Å². The van der Waals surface area contributed by atoms with Crippen LogP contribution in [0.2, 0.25) is 0 Å². The molecule has 6 nitrogen and oxygen atoms in total. The van der Waals surface area contributed by atoms with E-state index in [9.17, 15) is 4.79 Å². The summed E-state index contributed by atoms with van der Waals surface area (Å²) in [5.74, 6) is 1.06. The molecule has 0 radical (unpaired) electrons. The van der Waals surface area contributed by atoms with E-state index in [1.807, 2.05) is 30.5 Å². The molecule has 0 bridgehead atoms. The second-order valence-electron chi connectivity index (χ2n) is 9.20. The van der Waals surface area contributed by atoms with Crippen molar-refractivity contribution < 1.29 is 9.53 Å². The van der Waals surface area contributed by atoms with Gasteiger partial charge < -0.3 is 15.4 Å². The van der Waals surface area contributed by atoms with Crippen molar-refractivity contribution in [3.05, 3.63) is 65.5 Å². The number of nitrogens with zero attached hydrogens (tertiary/aromatic N) is 1. The van der Waals surface area contributed by atoms with E-state index in [1.165, 1.54) is 43.2 Å². The second-order valence-corrected chi connectivity index (χ2v) is 9.20. The fourth-order valence-corrected chi connectivity index (χ4v) is 4.93. The number of carbonyl (C=O) groups excluding carboxylic acids is 1. The first-order valence-corrected chi connectivity index (χ1v) is 12.2. The number of rotatable bonds is 6. The zero-order chi connectivity index (χ0) is 22.5. The summed E-state index contributed by atoms with van der Waals surface area (Å²) in [6.45, 7) is 2.63. The number of carbonyl (C=O) groups is 1. The molecule has 2 aromatic carbocycles. The second kappa shape index (κ2) is 10.2. The number of hydrogen-bond acceptors (Lipinski definition) is 4. The average Bonchev–Trinajstić information content (AvgIpc) is 3.29. The van der Waals surface area contributed by atoms with Gasteiger partial charge in [0.15, 0.2) is 0 Å². The predicted molar refractivity (Wildman–Crippen MR) is 131 cm³/mol. The third-order valence-electron chi connectivity index (χ3n) is 6.86. The molecule has 0 saturated heterocycles. The first-order valence-electron chi connectivity index (χ1n) is 12.2. The summed E-state index contributed by atoms with van der Waals surface area (Å²) >= 11 is 0. The lowest BCUT2D eigenvalue weighted by atomic mass is 9.90. The van der Waals surface area contributed by atoms with Crippen LogP contribution in [0.5, 0.6) is 5.75 Å². The molecule has 1 aliphatic carbocycles. The predicted octanol–water partition coefficient (Wildman–Crippen LogP) is 4.98. The van der Waals surface area contributed by atoms with Gasteiger partial charge in [0.25, 0.3) is 5.91 Å². The van der Waals surface area contributed by atoms with Gasteiger partial charge >= 0.3 is 0 Å². The van der Waals surface area contributed by atoms with Crippen molar-refractivity contribution in [2.45, 2.75) is 44.9 Å². The summed E-state index contributed by atoms with van der Waals surface area (Å²) in [4.78, 5) is 13.3. The topological polar surface area (TPSA) is 79.0 Å². The van der Waals surface area contributed by atoms with Crippen LogP contribution in [0.15, 0.2) is 48.8 Å². The monoisotopic (exact) mass is 444 g/mol. The van der Waals surface area contributed by atoms with Crippen LogP contribution >= 0.6 is 0 Å². The van der Waals surface area contributed by atoms with Crippen molar-refractivity contribution in [3.8, 4) is 16.9 Å². The van der Waals surface area contributed by atoms with E-state index in [0.717, 1.165) is 42.7 Å². The van der Waals surface area contributed by atoms with E-state index in [0.29, 0.717) is 23.8 Å². The quantitative estimate of drug-likeness (QED) is 0.501. The largest absolute Gasteiger partial charge is 0.492 e. The highest BCUT2D eigenvalue weighted by Gasteiger charge is 2.19. The number of benzene rings is 2. The average molecular weight is 445 g/mol. The minimum Gasteiger partial charge on any atom is -0.492 e. The number of H-pyrrole nitrogens is 1. The summed E-state index contributed by atoms with van der Waals surface area (Å²) in [6.07, 6.45) is 11.9. The molecule has 172 valence electrons. The maximum absolute atomic E-state index is 13.3. The number of amides is 1. The smallest absolute Gasteiger partial charge is 0.259 e. The van der Waals surface area contributed by atoms with Crippen LogP contribution in [0, 0.1) is 5.92 Å². The minimum atomic E-state index is -0.140. The third kappa shape index (κ3) is 5.28. The fourth-order valence-electron chi connectivity index (χ4n) is 4.93. The van der Waals surface area contributed by atoms with Crippen LogP contribution in [0.25, 0.3) is 11.1 Å². The molecule has 2 aliphatic rings. The Kier molecular flexibility index (Phi) is 6.72. The summed E-state index contributed by atoms with van der Waals surface area (Å²) in [7, 11) is 0. The molecule has 1 aliphatic heterocycles. The van der Waals surface area contributed by atoms with E-state index < -0.39 is 0 Å². The van der Waals surface area contributed by atoms with E-state index in [-0.39, 0.29) is 5.91 Å². The van der Waals surface area contributed by atoms with Crippen LogP contribution in [0.4, 0.5) is 5.69 Å². The van der Waals surface area contributed by atoms with Crippen LogP contribution in [-0.2, 0) is 12.8 Å². The lowest BCUT2D eigenvalue weighted by Gasteiger charge is -2.22.